The molecular formula is C19H15ClN2O5S. The largest absolute Gasteiger partial charge is 0.497 e. The Balaban J connectivity index is 1.57. The molecule has 1 amide bonds. The minimum absolute atomic E-state index is 0.0817. The fourth-order valence-electron chi connectivity index (χ4n) is 2.74. The number of halogens is 1. The van der Waals surface area contributed by atoms with Gasteiger partial charge in [0.2, 0.25) is 6.79 Å². The standard InChI is InChI=1S/C19H15ClN2O5S/c1-24-11-3-4-15(25-2)12(7-11)14-8-28-19(21-14)22-18(23)10-5-13(20)17-16(6-10)26-9-27-17/h3-8H,9H2,1-2H3,(H,21,22,23). The highest BCUT2D eigenvalue weighted by Gasteiger charge is 2.21. The minimum atomic E-state index is -0.348. The summed E-state index contributed by atoms with van der Waals surface area (Å²) in [5, 5.41) is 5.37. The third kappa shape index (κ3) is 3.44. The quantitative estimate of drug-likeness (QED) is 0.659. The number of amides is 1. The van der Waals surface area contributed by atoms with Gasteiger partial charge in [-0.05, 0) is 30.3 Å². The van der Waals surface area contributed by atoms with E-state index in [1.165, 1.54) is 17.4 Å². The van der Waals surface area contributed by atoms with Crippen molar-refractivity contribution in [1.29, 1.82) is 0 Å². The number of ether oxygens (including phenoxy) is 4. The summed E-state index contributed by atoms with van der Waals surface area (Å²) < 4.78 is 21.2. The Hall–Kier alpha value is -2.97. The van der Waals surface area contributed by atoms with Gasteiger partial charge in [0.15, 0.2) is 16.6 Å². The van der Waals surface area contributed by atoms with Crippen molar-refractivity contribution >= 4 is 34.0 Å². The first-order chi connectivity index (χ1) is 13.6. The number of rotatable bonds is 5. The third-order valence-electron chi connectivity index (χ3n) is 4.10. The van der Waals surface area contributed by atoms with Crippen LogP contribution in [0.25, 0.3) is 11.3 Å². The number of fused-ring (bicyclic) bond motifs is 1. The van der Waals surface area contributed by atoms with Crippen molar-refractivity contribution < 1.29 is 23.7 Å². The van der Waals surface area contributed by atoms with Gasteiger partial charge >= 0.3 is 0 Å². The van der Waals surface area contributed by atoms with E-state index in [1.54, 1.807) is 32.4 Å². The van der Waals surface area contributed by atoms with E-state index >= 15 is 0 Å². The Morgan fingerprint density at radius 2 is 2.07 bits per heavy atom. The molecule has 7 nitrogen and oxygen atoms in total. The highest BCUT2D eigenvalue weighted by molar-refractivity contribution is 7.14. The summed E-state index contributed by atoms with van der Waals surface area (Å²) in [4.78, 5) is 17.1. The average molecular weight is 419 g/mol. The number of thiazole rings is 1. The molecule has 0 radical (unpaired) electrons. The third-order valence-corrected chi connectivity index (χ3v) is 5.14. The molecule has 0 saturated carbocycles. The summed E-state index contributed by atoms with van der Waals surface area (Å²) >= 11 is 7.45. The molecule has 144 valence electrons. The second-order valence-electron chi connectivity index (χ2n) is 5.75. The molecule has 0 spiro atoms. The van der Waals surface area contributed by atoms with E-state index in [9.17, 15) is 4.79 Å². The molecule has 2 heterocycles. The fourth-order valence-corrected chi connectivity index (χ4v) is 3.71. The van der Waals surface area contributed by atoms with Gasteiger partial charge in [-0.3, -0.25) is 10.1 Å². The van der Waals surface area contributed by atoms with Crippen LogP contribution in [0.3, 0.4) is 0 Å². The van der Waals surface area contributed by atoms with Gasteiger partial charge in [0.1, 0.15) is 11.5 Å². The summed E-state index contributed by atoms with van der Waals surface area (Å²) in [5.74, 6) is 1.88. The van der Waals surface area contributed by atoms with Crippen LogP contribution in [0.5, 0.6) is 23.0 Å². The van der Waals surface area contributed by atoms with Crippen LogP contribution in [-0.2, 0) is 0 Å². The summed E-state index contributed by atoms with van der Waals surface area (Å²) in [7, 11) is 3.18. The number of nitrogens with zero attached hydrogens (tertiary/aromatic N) is 1. The fraction of sp³-hybridized carbons (Fsp3) is 0.158. The molecule has 1 N–H and O–H groups in total. The van der Waals surface area contributed by atoms with Gasteiger partial charge in [-0.1, -0.05) is 11.6 Å². The number of nitrogens with one attached hydrogen (secondary N) is 1. The van der Waals surface area contributed by atoms with Crippen molar-refractivity contribution in [2.24, 2.45) is 0 Å². The Labute approximate surface area is 169 Å². The predicted octanol–water partition coefficient (Wildman–Crippen LogP) is 4.46. The van der Waals surface area contributed by atoms with E-state index in [2.05, 4.69) is 10.3 Å². The van der Waals surface area contributed by atoms with Crippen LogP contribution in [-0.4, -0.2) is 31.9 Å². The molecule has 28 heavy (non-hydrogen) atoms. The zero-order chi connectivity index (χ0) is 19.7. The van der Waals surface area contributed by atoms with E-state index in [0.717, 1.165) is 5.56 Å². The first-order valence-electron chi connectivity index (χ1n) is 8.17. The summed E-state index contributed by atoms with van der Waals surface area (Å²) in [5.41, 5.74) is 1.79. The molecule has 4 rings (SSSR count). The van der Waals surface area contributed by atoms with Crippen LogP contribution >= 0.6 is 22.9 Å². The number of methoxy groups -OCH3 is 2. The van der Waals surface area contributed by atoms with Crippen LogP contribution in [0.4, 0.5) is 5.13 Å². The normalized spacial score (nSPS) is 12.0. The van der Waals surface area contributed by atoms with Crippen LogP contribution in [0, 0.1) is 0 Å². The van der Waals surface area contributed by atoms with Crippen LogP contribution < -0.4 is 24.3 Å². The molecule has 0 bridgehead atoms. The maximum Gasteiger partial charge on any atom is 0.257 e. The minimum Gasteiger partial charge on any atom is -0.497 e. The predicted molar refractivity (Wildman–Crippen MR) is 106 cm³/mol. The lowest BCUT2D eigenvalue weighted by Gasteiger charge is -2.08. The number of anilines is 1. The molecule has 0 aliphatic carbocycles. The molecule has 0 fully saturated rings. The molecule has 0 atom stereocenters. The smallest absolute Gasteiger partial charge is 0.257 e. The zero-order valence-corrected chi connectivity index (χ0v) is 16.5. The van der Waals surface area contributed by atoms with Crippen molar-refractivity contribution in [2.45, 2.75) is 0 Å². The van der Waals surface area contributed by atoms with Crippen molar-refractivity contribution in [3.63, 3.8) is 0 Å². The van der Waals surface area contributed by atoms with Gasteiger partial charge in [-0.2, -0.15) is 0 Å². The molecule has 9 heteroatoms. The van der Waals surface area contributed by atoms with Crippen molar-refractivity contribution in [1.82, 2.24) is 4.98 Å². The number of hydrogen-bond acceptors (Lipinski definition) is 7. The maximum absolute atomic E-state index is 12.6. The summed E-state index contributed by atoms with van der Waals surface area (Å²) in [6, 6.07) is 8.56. The molecule has 1 aliphatic heterocycles. The number of carbonyl (C=O) groups excluding carboxylic acids is 1. The maximum atomic E-state index is 12.6. The second kappa shape index (κ2) is 7.57. The van der Waals surface area contributed by atoms with Crippen molar-refractivity contribution in [3.8, 4) is 34.3 Å². The molecule has 1 aromatic heterocycles. The molecule has 0 saturated heterocycles. The van der Waals surface area contributed by atoms with Crippen molar-refractivity contribution in [3.05, 3.63) is 46.3 Å². The Bertz CT molecular complexity index is 1050. The van der Waals surface area contributed by atoms with Gasteiger partial charge in [-0.25, -0.2) is 4.98 Å². The Morgan fingerprint density at radius 3 is 2.86 bits per heavy atom. The Kier molecular flexibility index (Phi) is 4.97. The monoisotopic (exact) mass is 418 g/mol. The van der Waals surface area contributed by atoms with Gasteiger partial charge in [0.05, 0.1) is 24.9 Å². The van der Waals surface area contributed by atoms with Crippen molar-refractivity contribution in [2.75, 3.05) is 26.3 Å². The number of hydrogen-bond donors (Lipinski definition) is 1. The number of carbonyl (C=O) groups is 1. The second-order valence-corrected chi connectivity index (χ2v) is 7.02. The highest BCUT2D eigenvalue weighted by Crippen LogP contribution is 2.40. The average Bonchev–Trinajstić information content (AvgIpc) is 3.37. The van der Waals surface area contributed by atoms with E-state index in [1.807, 2.05) is 11.4 Å². The molecule has 2 aromatic carbocycles. The van der Waals surface area contributed by atoms with Gasteiger partial charge < -0.3 is 18.9 Å². The SMILES string of the molecule is COc1ccc(OC)c(-c2csc(NC(=O)c3cc(Cl)c4c(c3)OCO4)n2)c1. The number of benzene rings is 2. The summed E-state index contributed by atoms with van der Waals surface area (Å²) in [6.45, 7) is 0.0817. The van der Waals surface area contributed by atoms with E-state index in [4.69, 9.17) is 30.5 Å². The van der Waals surface area contributed by atoms with Gasteiger partial charge in [0.25, 0.3) is 5.91 Å². The topological polar surface area (TPSA) is 78.9 Å². The van der Waals surface area contributed by atoms with Crippen LogP contribution in [0.15, 0.2) is 35.7 Å². The van der Waals surface area contributed by atoms with E-state index < -0.39 is 0 Å². The zero-order valence-electron chi connectivity index (χ0n) is 14.9. The molecule has 0 unspecified atom stereocenters. The molecular weight excluding hydrogens is 404 g/mol. The molecule has 1 aliphatic rings. The lowest BCUT2D eigenvalue weighted by atomic mass is 10.1. The lowest BCUT2D eigenvalue weighted by molar-refractivity contribution is 0.102. The van der Waals surface area contributed by atoms with Crippen LogP contribution in [0.1, 0.15) is 10.4 Å². The molecule has 3 aromatic rings. The Morgan fingerprint density at radius 1 is 1.21 bits per heavy atom. The summed E-state index contributed by atoms with van der Waals surface area (Å²) in [6.07, 6.45) is 0. The first-order valence-corrected chi connectivity index (χ1v) is 9.43. The number of aromatic nitrogens is 1. The van der Waals surface area contributed by atoms with Gasteiger partial charge in [0, 0.05) is 16.5 Å². The van der Waals surface area contributed by atoms with Gasteiger partial charge in [-0.15, -0.1) is 11.3 Å². The lowest BCUT2D eigenvalue weighted by Crippen LogP contribution is -2.11. The van der Waals surface area contributed by atoms with E-state index in [0.29, 0.717) is 44.4 Å². The highest BCUT2D eigenvalue weighted by atomic mass is 35.5. The van der Waals surface area contributed by atoms with Crippen LogP contribution in [0.2, 0.25) is 5.02 Å². The first kappa shape index (κ1) is 18.4. The van der Waals surface area contributed by atoms with E-state index in [-0.39, 0.29) is 12.7 Å².